The van der Waals surface area contributed by atoms with Crippen molar-refractivity contribution < 1.29 is 0 Å². The molecular formula is C33H48. The summed E-state index contributed by atoms with van der Waals surface area (Å²) in [4.78, 5) is 0. The van der Waals surface area contributed by atoms with Gasteiger partial charge in [0.05, 0.1) is 0 Å². The second-order valence-corrected chi connectivity index (χ2v) is 10.2. The van der Waals surface area contributed by atoms with Crippen LogP contribution in [0.3, 0.4) is 0 Å². The molecule has 0 N–H and O–H groups in total. The number of benzene rings is 3. The lowest BCUT2D eigenvalue weighted by atomic mass is 9.84. The van der Waals surface area contributed by atoms with E-state index in [1.54, 1.807) is 0 Å². The van der Waals surface area contributed by atoms with Crippen LogP contribution < -0.4 is 0 Å². The molecule has 0 spiro atoms. The minimum absolute atomic E-state index is 1.02. The van der Waals surface area contributed by atoms with E-state index in [2.05, 4.69) is 129 Å². The van der Waals surface area contributed by atoms with Crippen molar-refractivity contribution in [1.82, 2.24) is 0 Å². The van der Waals surface area contributed by atoms with Crippen LogP contribution in [0.15, 0.2) is 66.7 Å². The zero-order chi connectivity index (χ0) is 24.8. The number of hydrogen-bond donors (Lipinski definition) is 0. The van der Waals surface area contributed by atoms with Gasteiger partial charge in [0.1, 0.15) is 0 Å². The van der Waals surface area contributed by atoms with E-state index in [4.69, 9.17) is 0 Å². The average Bonchev–Trinajstić information content (AvgIpc) is 2.79. The van der Waals surface area contributed by atoms with Crippen molar-refractivity contribution in [3.63, 3.8) is 0 Å². The lowest BCUT2D eigenvalue weighted by Gasteiger charge is -2.22. The zero-order valence-electron chi connectivity index (χ0n) is 22.8. The molecule has 4 rings (SSSR count). The molecule has 0 heteroatoms. The van der Waals surface area contributed by atoms with Gasteiger partial charge in [-0.1, -0.05) is 123 Å². The SMILES string of the molecule is CC1CCC(C)CC1.Cc1ccc(C)c(C)c1.Cc1ccc(C)cc1.Cc1ccccc1C. The van der Waals surface area contributed by atoms with E-state index in [9.17, 15) is 0 Å². The van der Waals surface area contributed by atoms with Gasteiger partial charge in [0.2, 0.25) is 0 Å². The summed E-state index contributed by atoms with van der Waals surface area (Å²) in [5.74, 6) is 2.04. The first-order valence-electron chi connectivity index (χ1n) is 12.7. The van der Waals surface area contributed by atoms with Gasteiger partial charge in [-0.3, -0.25) is 0 Å². The number of hydrogen-bond acceptors (Lipinski definition) is 0. The first-order valence-corrected chi connectivity index (χ1v) is 12.7. The van der Waals surface area contributed by atoms with E-state index in [0.717, 1.165) is 11.8 Å². The molecule has 0 bridgehead atoms. The molecule has 0 heterocycles. The quantitative estimate of drug-likeness (QED) is 0.323. The Labute approximate surface area is 205 Å². The van der Waals surface area contributed by atoms with Gasteiger partial charge in [0, 0.05) is 0 Å². The molecule has 0 saturated heterocycles. The van der Waals surface area contributed by atoms with E-state index in [1.165, 1.54) is 64.6 Å². The van der Waals surface area contributed by atoms with Crippen LogP contribution >= 0.6 is 0 Å². The second-order valence-electron chi connectivity index (χ2n) is 10.2. The minimum atomic E-state index is 1.02. The number of rotatable bonds is 0. The van der Waals surface area contributed by atoms with Crippen LogP contribution in [0.25, 0.3) is 0 Å². The maximum atomic E-state index is 2.37. The van der Waals surface area contributed by atoms with Crippen molar-refractivity contribution in [3.8, 4) is 0 Å². The van der Waals surface area contributed by atoms with Gasteiger partial charge in [-0.15, -0.1) is 0 Å². The van der Waals surface area contributed by atoms with Crippen molar-refractivity contribution in [2.45, 2.75) is 88.0 Å². The monoisotopic (exact) mass is 444 g/mol. The van der Waals surface area contributed by atoms with Crippen LogP contribution in [0.1, 0.15) is 78.5 Å². The Kier molecular flexibility index (Phi) is 13.5. The minimum Gasteiger partial charge on any atom is -0.0625 e. The topological polar surface area (TPSA) is 0 Å². The van der Waals surface area contributed by atoms with Gasteiger partial charge in [0.25, 0.3) is 0 Å². The maximum Gasteiger partial charge on any atom is -0.0395 e. The lowest BCUT2D eigenvalue weighted by molar-refractivity contribution is 0.308. The van der Waals surface area contributed by atoms with E-state index in [0.29, 0.717) is 0 Å². The van der Waals surface area contributed by atoms with Crippen molar-refractivity contribution in [1.29, 1.82) is 0 Å². The predicted octanol–water partition coefficient (Wildman–Crippen LogP) is 10.1. The Hall–Kier alpha value is -2.34. The largest absolute Gasteiger partial charge is 0.0625 e. The summed E-state index contributed by atoms with van der Waals surface area (Å²) < 4.78 is 0. The first kappa shape index (κ1) is 28.7. The summed E-state index contributed by atoms with van der Waals surface area (Å²) in [6.45, 7) is 19.6. The molecule has 0 amide bonds. The van der Waals surface area contributed by atoms with Gasteiger partial charge in [-0.2, -0.15) is 0 Å². The van der Waals surface area contributed by atoms with Gasteiger partial charge in [-0.05, 0) is 82.6 Å². The predicted molar refractivity (Wildman–Crippen MR) is 149 cm³/mol. The molecule has 1 aliphatic rings. The third kappa shape index (κ3) is 13.1. The molecule has 0 unspecified atom stereocenters. The summed E-state index contributed by atoms with van der Waals surface area (Å²) in [5, 5.41) is 0. The Bertz CT molecular complexity index is 857. The molecule has 0 aromatic heterocycles. The normalized spacial score (nSPS) is 16.8. The van der Waals surface area contributed by atoms with Crippen LogP contribution in [0, 0.1) is 60.3 Å². The van der Waals surface area contributed by atoms with Crippen molar-refractivity contribution in [2.24, 2.45) is 11.8 Å². The van der Waals surface area contributed by atoms with E-state index < -0.39 is 0 Å². The smallest absolute Gasteiger partial charge is 0.0395 e. The van der Waals surface area contributed by atoms with Crippen LogP contribution in [0.4, 0.5) is 0 Å². The Morgan fingerprint density at radius 3 is 1.06 bits per heavy atom. The third-order valence-electron chi connectivity index (χ3n) is 6.61. The highest BCUT2D eigenvalue weighted by Gasteiger charge is 2.13. The van der Waals surface area contributed by atoms with E-state index >= 15 is 0 Å². The molecule has 3 aromatic carbocycles. The van der Waals surface area contributed by atoms with Crippen molar-refractivity contribution in [3.05, 3.63) is 106 Å². The molecule has 0 radical (unpaired) electrons. The Balaban J connectivity index is 0.000000220. The zero-order valence-corrected chi connectivity index (χ0v) is 22.8. The molecule has 0 nitrogen and oxygen atoms in total. The van der Waals surface area contributed by atoms with Crippen molar-refractivity contribution in [2.75, 3.05) is 0 Å². The summed E-state index contributed by atoms with van der Waals surface area (Å²) in [7, 11) is 0. The van der Waals surface area contributed by atoms with Gasteiger partial charge < -0.3 is 0 Å². The molecule has 0 aliphatic heterocycles. The maximum absolute atomic E-state index is 2.37. The summed E-state index contributed by atoms with van der Waals surface area (Å²) >= 11 is 0. The van der Waals surface area contributed by atoms with Crippen molar-refractivity contribution >= 4 is 0 Å². The molecule has 1 saturated carbocycles. The standard InChI is InChI=1S/C9H12.C8H16.2C8H10/c1-7-4-5-8(2)9(3)6-7;2*1-7-3-5-8(2)6-4-7;1-7-5-3-4-6-8(7)2/h4-6H,1-3H3;7-8H,3-6H2,1-2H3;2*3-6H,1-2H3. The fourth-order valence-electron chi connectivity index (χ4n) is 3.62. The summed E-state index contributed by atoms with van der Waals surface area (Å²) in [5.41, 5.74) is 9.50. The van der Waals surface area contributed by atoms with Crippen LogP contribution in [0.2, 0.25) is 0 Å². The highest BCUT2D eigenvalue weighted by Crippen LogP contribution is 2.27. The van der Waals surface area contributed by atoms with Gasteiger partial charge in [-0.25, -0.2) is 0 Å². The lowest BCUT2D eigenvalue weighted by Crippen LogP contribution is -2.08. The molecular weight excluding hydrogens is 396 g/mol. The first-order chi connectivity index (χ1) is 15.6. The average molecular weight is 445 g/mol. The molecule has 1 fully saturated rings. The second kappa shape index (κ2) is 15.5. The van der Waals surface area contributed by atoms with Gasteiger partial charge in [0.15, 0.2) is 0 Å². The van der Waals surface area contributed by atoms with E-state index in [1.807, 2.05) is 0 Å². The molecule has 33 heavy (non-hydrogen) atoms. The van der Waals surface area contributed by atoms with Gasteiger partial charge >= 0.3 is 0 Å². The fourth-order valence-corrected chi connectivity index (χ4v) is 3.62. The molecule has 1 aliphatic carbocycles. The third-order valence-corrected chi connectivity index (χ3v) is 6.61. The van der Waals surface area contributed by atoms with E-state index in [-0.39, 0.29) is 0 Å². The highest BCUT2D eigenvalue weighted by molar-refractivity contribution is 5.28. The number of aryl methyl sites for hydroxylation is 7. The summed E-state index contributed by atoms with van der Waals surface area (Å²) in [6, 6.07) is 23.3. The van der Waals surface area contributed by atoms with Crippen LogP contribution in [0.5, 0.6) is 0 Å². The molecule has 180 valence electrons. The van der Waals surface area contributed by atoms with Crippen LogP contribution in [-0.4, -0.2) is 0 Å². The fraction of sp³-hybridized carbons (Fsp3) is 0.455. The Morgan fingerprint density at radius 2 is 0.758 bits per heavy atom. The highest BCUT2D eigenvalue weighted by atomic mass is 14.2. The molecule has 3 aromatic rings. The molecule has 0 atom stereocenters. The summed E-state index contributed by atoms with van der Waals surface area (Å²) in [6.07, 6.45) is 5.89. The Morgan fingerprint density at radius 1 is 0.424 bits per heavy atom. The van der Waals surface area contributed by atoms with Crippen LogP contribution in [-0.2, 0) is 0 Å².